The molecule has 7 heteroatoms. The number of benzene rings is 1. The normalized spacial score (nSPS) is 19.9. The van der Waals surface area contributed by atoms with E-state index in [1.165, 1.54) is 0 Å². The molecule has 27 heavy (non-hydrogen) atoms. The van der Waals surface area contributed by atoms with E-state index < -0.39 is 0 Å². The van der Waals surface area contributed by atoms with Gasteiger partial charge in [0.1, 0.15) is 6.42 Å². The number of carbonyl (C=O) groups is 3. The fraction of sp³-hybridized carbons (Fsp3) is 0.500. The highest BCUT2D eigenvalue weighted by Gasteiger charge is 2.38. The van der Waals surface area contributed by atoms with Crippen LogP contribution in [-0.4, -0.2) is 60.2 Å². The van der Waals surface area contributed by atoms with Crippen LogP contribution >= 0.6 is 0 Å². The second-order valence-corrected chi connectivity index (χ2v) is 6.97. The molecule has 2 heterocycles. The molecule has 0 aromatic heterocycles. The number of amides is 3. The molecular weight excluding hydrogens is 344 g/mol. The molecule has 2 fully saturated rings. The molecule has 0 aliphatic carbocycles. The lowest BCUT2D eigenvalue weighted by atomic mass is 10.1. The van der Waals surface area contributed by atoms with Crippen molar-refractivity contribution in [3.63, 3.8) is 0 Å². The molecule has 0 bridgehead atoms. The molecule has 0 N–H and O–H groups in total. The fourth-order valence-electron chi connectivity index (χ4n) is 3.68. The lowest BCUT2D eigenvalue weighted by Crippen LogP contribution is -2.52. The Hall–Kier alpha value is -2.88. The number of carbonyl (C=O) groups excluding carboxylic acids is 3. The Bertz CT molecular complexity index is 778. The topological polar surface area (TPSA) is 84.7 Å². The van der Waals surface area contributed by atoms with E-state index >= 15 is 0 Å². The molecule has 142 valence electrons. The fourth-order valence-corrected chi connectivity index (χ4v) is 3.68. The average Bonchev–Trinajstić information content (AvgIpc) is 3.09. The maximum absolute atomic E-state index is 12.8. The van der Waals surface area contributed by atoms with Crippen molar-refractivity contribution in [1.29, 1.82) is 5.26 Å². The van der Waals surface area contributed by atoms with E-state index in [9.17, 15) is 14.4 Å². The first-order valence-corrected chi connectivity index (χ1v) is 9.36. The zero-order valence-corrected chi connectivity index (χ0v) is 15.6. The summed E-state index contributed by atoms with van der Waals surface area (Å²) in [6, 6.07) is 9.74. The Morgan fingerprint density at radius 1 is 1.19 bits per heavy atom. The van der Waals surface area contributed by atoms with E-state index in [0.29, 0.717) is 32.7 Å². The third-order valence-electron chi connectivity index (χ3n) is 5.28. The van der Waals surface area contributed by atoms with Gasteiger partial charge in [-0.05, 0) is 24.1 Å². The number of anilines is 1. The van der Waals surface area contributed by atoms with Gasteiger partial charge >= 0.3 is 0 Å². The zero-order chi connectivity index (χ0) is 19.4. The predicted octanol–water partition coefficient (Wildman–Crippen LogP) is 1.19. The Kier molecular flexibility index (Phi) is 5.75. The second-order valence-electron chi connectivity index (χ2n) is 6.97. The van der Waals surface area contributed by atoms with Crippen LogP contribution in [0.5, 0.6) is 0 Å². The summed E-state index contributed by atoms with van der Waals surface area (Å²) in [6.45, 7) is 4.25. The van der Waals surface area contributed by atoms with Crippen molar-refractivity contribution in [3.8, 4) is 6.07 Å². The summed E-state index contributed by atoms with van der Waals surface area (Å²) in [6.07, 6.45) is 0.993. The minimum absolute atomic E-state index is 0.0233. The highest BCUT2D eigenvalue weighted by molar-refractivity contribution is 6.00. The Labute approximate surface area is 159 Å². The van der Waals surface area contributed by atoms with Crippen LogP contribution in [0.2, 0.25) is 0 Å². The van der Waals surface area contributed by atoms with Gasteiger partial charge in [0.2, 0.25) is 17.7 Å². The molecule has 0 saturated carbocycles. The van der Waals surface area contributed by atoms with Gasteiger partial charge < -0.3 is 14.7 Å². The minimum Gasteiger partial charge on any atom is -0.339 e. The van der Waals surface area contributed by atoms with Crippen molar-refractivity contribution in [2.45, 2.75) is 26.2 Å². The van der Waals surface area contributed by atoms with Crippen LogP contribution in [0, 0.1) is 17.2 Å². The minimum atomic E-state index is -0.343. The Balaban J connectivity index is 1.60. The molecule has 1 aromatic rings. The van der Waals surface area contributed by atoms with E-state index in [1.54, 1.807) is 14.7 Å². The van der Waals surface area contributed by atoms with Gasteiger partial charge in [-0.1, -0.05) is 19.1 Å². The maximum atomic E-state index is 12.8. The number of aryl methyl sites for hydroxylation is 1. The highest BCUT2D eigenvalue weighted by Crippen LogP contribution is 2.27. The SMILES string of the molecule is CCc1cccc(N2C[C@@H](C(=O)N3CCN(C(=O)CC#N)CC3)CC2=O)c1. The van der Waals surface area contributed by atoms with E-state index in [2.05, 4.69) is 6.92 Å². The van der Waals surface area contributed by atoms with Gasteiger partial charge in [-0.25, -0.2) is 0 Å². The number of nitriles is 1. The lowest BCUT2D eigenvalue weighted by Gasteiger charge is -2.35. The van der Waals surface area contributed by atoms with E-state index in [-0.39, 0.29) is 36.5 Å². The molecule has 0 spiro atoms. The molecule has 0 unspecified atom stereocenters. The summed E-state index contributed by atoms with van der Waals surface area (Å²) in [7, 11) is 0. The van der Waals surface area contributed by atoms with Crippen molar-refractivity contribution in [2.75, 3.05) is 37.6 Å². The van der Waals surface area contributed by atoms with Crippen LogP contribution in [0.1, 0.15) is 25.3 Å². The van der Waals surface area contributed by atoms with Gasteiger partial charge in [0.15, 0.2) is 0 Å². The number of nitrogens with zero attached hydrogens (tertiary/aromatic N) is 4. The first kappa shape index (κ1) is 18.9. The van der Waals surface area contributed by atoms with E-state index in [1.807, 2.05) is 30.3 Å². The van der Waals surface area contributed by atoms with E-state index in [4.69, 9.17) is 5.26 Å². The zero-order valence-electron chi connectivity index (χ0n) is 15.6. The van der Waals surface area contributed by atoms with Gasteiger partial charge in [0.25, 0.3) is 0 Å². The lowest BCUT2D eigenvalue weighted by molar-refractivity contribution is -0.141. The second kappa shape index (κ2) is 8.21. The molecule has 3 rings (SSSR count). The number of hydrogen-bond donors (Lipinski definition) is 0. The van der Waals surface area contributed by atoms with Gasteiger partial charge in [0.05, 0.1) is 12.0 Å². The largest absolute Gasteiger partial charge is 0.339 e. The van der Waals surface area contributed by atoms with Crippen LogP contribution < -0.4 is 4.90 Å². The van der Waals surface area contributed by atoms with Gasteiger partial charge in [-0.15, -0.1) is 0 Å². The average molecular weight is 368 g/mol. The van der Waals surface area contributed by atoms with Gasteiger partial charge in [0, 0.05) is 44.8 Å². The van der Waals surface area contributed by atoms with Crippen molar-refractivity contribution in [2.24, 2.45) is 5.92 Å². The van der Waals surface area contributed by atoms with Gasteiger partial charge in [-0.3, -0.25) is 14.4 Å². The summed E-state index contributed by atoms with van der Waals surface area (Å²) in [5, 5.41) is 8.63. The molecule has 0 radical (unpaired) electrons. The molecule has 2 saturated heterocycles. The Morgan fingerprint density at radius 3 is 2.56 bits per heavy atom. The van der Waals surface area contributed by atoms with E-state index in [0.717, 1.165) is 17.7 Å². The van der Waals surface area contributed by atoms with Crippen molar-refractivity contribution < 1.29 is 14.4 Å². The summed E-state index contributed by atoms with van der Waals surface area (Å²) in [5.74, 6) is -0.582. The van der Waals surface area contributed by atoms with Crippen molar-refractivity contribution >= 4 is 23.4 Å². The molecule has 2 aliphatic heterocycles. The molecule has 1 aromatic carbocycles. The molecular formula is C20H24N4O3. The van der Waals surface area contributed by atoms with Crippen LogP contribution in [-0.2, 0) is 20.8 Å². The number of piperazine rings is 1. The smallest absolute Gasteiger partial charge is 0.236 e. The summed E-state index contributed by atoms with van der Waals surface area (Å²) in [5.41, 5.74) is 2.01. The highest BCUT2D eigenvalue weighted by atomic mass is 16.2. The number of hydrogen-bond acceptors (Lipinski definition) is 4. The maximum Gasteiger partial charge on any atom is 0.236 e. The first-order chi connectivity index (χ1) is 13.0. The van der Waals surface area contributed by atoms with Crippen LogP contribution in [0.15, 0.2) is 24.3 Å². The van der Waals surface area contributed by atoms with Crippen molar-refractivity contribution in [3.05, 3.63) is 29.8 Å². The molecule has 1 atom stereocenters. The van der Waals surface area contributed by atoms with Crippen LogP contribution in [0.25, 0.3) is 0 Å². The molecule has 7 nitrogen and oxygen atoms in total. The standard InChI is InChI=1S/C20H24N4O3/c1-2-15-4-3-5-17(12-15)24-14-16(13-19(24)26)20(27)23-10-8-22(9-11-23)18(25)6-7-21/h3-5,12,16H,2,6,8-11,13-14H2,1H3/t16-/m0/s1. The van der Waals surface area contributed by atoms with Gasteiger partial charge in [-0.2, -0.15) is 5.26 Å². The molecule has 2 aliphatic rings. The predicted molar refractivity (Wildman–Crippen MR) is 99.7 cm³/mol. The van der Waals surface area contributed by atoms with Crippen LogP contribution in [0.3, 0.4) is 0 Å². The third kappa shape index (κ3) is 4.11. The third-order valence-corrected chi connectivity index (χ3v) is 5.28. The first-order valence-electron chi connectivity index (χ1n) is 9.36. The van der Waals surface area contributed by atoms with Crippen LogP contribution in [0.4, 0.5) is 5.69 Å². The quantitative estimate of drug-likeness (QED) is 0.799. The number of rotatable bonds is 4. The summed E-state index contributed by atoms with van der Waals surface area (Å²) >= 11 is 0. The Morgan fingerprint density at radius 2 is 1.89 bits per heavy atom. The monoisotopic (exact) mass is 368 g/mol. The summed E-state index contributed by atoms with van der Waals surface area (Å²) in [4.78, 5) is 42.1. The molecule has 3 amide bonds. The van der Waals surface area contributed by atoms with Crippen molar-refractivity contribution in [1.82, 2.24) is 9.80 Å². The summed E-state index contributed by atoms with van der Waals surface area (Å²) < 4.78 is 0.